The molecule has 0 aliphatic heterocycles. The van der Waals surface area contributed by atoms with Gasteiger partial charge in [0.15, 0.2) is 0 Å². The third-order valence-electron chi connectivity index (χ3n) is 6.16. The molecule has 1 amide bonds. The smallest absolute Gasteiger partial charge is 0.272 e. The predicted molar refractivity (Wildman–Crippen MR) is 148 cm³/mol. The Morgan fingerprint density at radius 1 is 0.861 bits per heavy atom. The van der Waals surface area contributed by atoms with Gasteiger partial charge in [-0.3, -0.25) is 4.79 Å². The van der Waals surface area contributed by atoms with Crippen LogP contribution < -0.4 is 5.43 Å². The molecule has 0 aliphatic carbocycles. The minimum atomic E-state index is -0.312. The molecule has 0 spiro atoms. The number of phenolic OH excluding ortho intramolecular Hbond substituents is 1. The predicted octanol–water partition coefficient (Wildman–Crippen LogP) is 6.97. The van der Waals surface area contributed by atoms with Crippen LogP contribution in [-0.4, -0.2) is 22.2 Å². The van der Waals surface area contributed by atoms with Crippen molar-refractivity contribution in [2.75, 3.05) is 0 Å². The van der Waals surface area contributed by atoms with Gasteiger partial charge in [-0.1, -0.05) is 90.1 Å². The van der Waals surface area contributed by atoms with Crippen molar-refractivity contribution in [3.05, 3.63) is 95.1 Å². The van der Waals surface area contributed by atoms with Crippen LogP contribution in [0.3, 0.4) is 0 Å². The van der Waals surface area contributed by atoms with Crippen LogP contribution in [0.15, 0.2) is 77.9 Å². The summed E-state index contributed by atoms with van der Waals surface area (Å²) in [7, 11) is 0. The van der Waals surface area contributed by atoms with E-state index >= 15 is 0 Å². The molecule has 5 heteroatoms. The van der Waals surface area contributed by atoms with Gasteiger partial charge in [0.05, 0.1) is 23.0 Å². The SMILES string of the molecule is CC(C)(C)c1cc(/C=N/NC(=O)c2cc(-c3ccccc3)nc3ccccc23)cc(C(C)(C)C)c1O. The number of carbonyl (C=O) groups is 1. The minimum absolute atomic E-state index is 0.249. The number of para-hydroxylation sites is 1. The normalized spacial score (nSPS) is 12.3. The second-order valence-electron chi connectivity index (χ2n) is 11.1. The molecule has 3 aromatic carbocycles. The number of fused-ring (bicyclic) bond motifs is 1. The number of carbonyl (C=O) groups excluding carboxylic acids is 1. The summed E-state index contributed by atoms with van der Waals surface area (Å²) in [5.74, 6) is 0.000724. The van der Waals surface area contributed by atoms with E-state index in [1.807, 2.05) is 66.7 Å². The van der Waals surface area contributed by atoms with Crippen LogP contribution in [0.4, 0.5) is 0 Å². The Hall–Kier alpha value is -3.99. The molecule has 5 nitrogen and oxygen atoms in total. The molecule has 36 heavy (non-hydrogen) atoms. The molecule has 0 unspecified atom stereocenters. The zero-order valence-electron chi connectivity index (χ0n) is 21.8. The Labute approximate surface area is 212 Å². The fraction of sp³-hybridized carbons (Fsp3) is 0.258. The van der Waals surface area contributed by atoms with Crippen molar-refractivity contribution in [3.8, 4) is 17.0 Å². The molecule has 4 aromatic rings. The number of hydrogen-bond acceptors (Lipinski definition) is 4. The first-order valence-corrected chi connectivity index (χ1v) is 12.1. The maximum absolute atomic E-state index is 13.2. The van der Waals surface area contributed by atoms with Gasteiger partial charge in [-0.15, -0.1) is 0 Å². The van der Waals surface area contributed by atoms with Gasteiger partial charge in [0, 0.05) is 22.1 Å². The zero-order chi connectivity index (χ0) is 26.1. The quantitative estimate of drug-likeness (QED) is 0.245. The number of aromatic hydroxyl groups is 1. The van der Waals surface area contributed by atoms with Crippen molar-refractivity contribution in [3.63, 3.8) is 0 Å². The van der Waals surface area contributed by atoms with Crippen LogP contribution >= 0.6 is 0 Å². The molecule has 0 aliphatic rings. The molecule has 0 fully saturated rings. The number of hydrazone groups is 1. The Balaban J connectivity index is 1.68. The maximum atomic E-state index is 13.2. The average Bonchev–Trinajstić information content (AvgIpc) is 2.83. The van der Waals surface area contributed by atoms with Crippen molar-refractivity contribution < 1.29 is 9.90 Å². The summed E-state index contributed by atoms with van der Waals surface area (Å²) in [6, 6.07) is 23.1. The Kier molecular flexibility index (Phi) is 6.68. The van der Waals surface area contributed by atoms with Gasteiger partial charge < -0.3 is 5.11 Å². The molecule has 4 rings (SSSR count). The standard InChI is InChI=1S/C31H33N3O2/c1-30(2,3)24-16-20(17-25(28(24)35)31(4,5)6)19-32-34-29(36)23-18-27(21-12-8-7-9-13-21)33-26-15-11-10-14-22(23)26/h7-19,35H,1-6H3,(H,34,36)/b32-19+. The second kappa shape index (κ2) is 9.57. The summed E-state index contributed by atoms with van der Waals surface area (Å²) in [5, 5.41) is 16.0. The molecule has 1 aromatic heterocycles. The van der Waals surface area contributed by atoms with Gasteiger partial charge in [-0.2, -0.15) is 5.10 Å². The molecular formula is C31H33N3O2. The Morgan fingerprint density at radius 2 is 1.44 bits per heavy atom. The van der Waals surface area contributed by atoms with Gasteiger partial charge in [-0.05, 0) is 40.7 Å². The minimum Gasteiger partial charge on any atom is -0.507 e. The lowest BCUT2D eigenvalue weighted by atomic mass is 9.78. The number of nitrogens with one attached hydrogen (secondary N) is 1. The van der Waals surface area contributed by atoms with Gasteiger partial charge in [-0.25, -0.2) is 10.4 Å². The molecule has 1 heterocycles. The van der Waals surface area contributed by atoms with Crippen LogP contribution in [0.5, 0.6) is 5.75 Å². The summed E-state index contributed by atoms with van der Waals surface area (Å²) in [6.45, 7) is 12.4. The number of phenols is 1. The lowest BCUT2D eigenvalue weighted by Gasteiger charge is -2.27. The lowest BCUT2D eigenvalue weighted by Crippen LogP contribution is -2.19. The van der Waals surface area contributed by atoms with E-state index in [1.54, 1.807) is 12.3 Å². The van der Waals surface area contributed by atoms with Gasteiger partial charge in [0.25, 0.3) is 5.91 Å². The fourth-order valence-electron chi connectivity index (χ4n) is 4.22. The van der Waals surface area contributed by atoms with Crippen LogP contribution in [0.1, 0.15) is 68.6 Å². The molecule has 0 radical (unpaired) electrons. The number of pyridine rings is 1. The highest BCUT2D eigenvalue weighted by atomic mass is 16.3. The summed E-state index contributed by atoms with van der Waals surface area (Å²) in [5.41, 5.74) is 7.61. The van der Waals surface area contributed by atoms with E-state index in [1.165, 1.54) is 0 Å². The van der Waals surface area contributed by atoms with Crippen molar-refractivity contribution in [1.82, 2.24) is 10.4 Å². The topological polar surface area (TPSA) is 74.6 Å². The van der Waals surface area contributed by atoms with E-state index in [0.29, 0.717) is 11.3 Å². The second-order valence-corrected chi connectivity index (χ2v) is 11.1. The average molecular weight is 480 g/mol. The van der Waals surface area contributed by atoms with E-state index < -0.39 is 0 Å². The van der Waals surface area contributed by atoms with E-state index in [4.69, 9.17) is 4.98 Å². The number of aromatic nitrogens is 1. The number of hydrogen-bond donors (Lipinski definition) is 2. The monoisotopic (exact) mass is 479 g/mol. The third kappa shape index (κ3) is 5.30. The molecule has 0 bridgehead atoms. The number of nitrogens with zero attached hydrogens (tertiary/aromatic N) is 2. The third-order valence-corrected chi connectivity index (χ3v) is 6.16. The first kappa shape index (κ1) is 25.1. The van der Waals surface area contributed by atoms with Gasteiger partial charge in [0.2, 0.25) is 0 Å². The van der Waals surface area contributed by atoms with Crippen LogP contribution in [0, 0.1) is 0 Å². The number of rotatable bonds is 4. The Morgan fingerprint density at radius 3 is 2.06 bits per heavy atom. The maximum Gasteiger partial charge on any atom is 0.272 e. The highest BCUT2D eigenvalue weighted by molar-refractivity contribution is 6.07. The first-order valence-electron chi connectivity index (χ1n) is 12.1. The van der Waals surface area contributed by atoms with Crippen molar-refractivity contribution >= 4 is 23.0 Å². The molecular weight excluding hydrogens is 446 g/mol. The van der Waals surface area contributed by atoms with Gasteiger partial charge >= 0.3 is 0 Å². The molecule has 184 valence electrons. The van der Waals surface area contributed by atoms with Crippen LogP contribution in [-0.2, 0) is 10.8 Å². The number of amides is 1. The molecule has 0 saturated carbocycles. The summed E-state index contributed by atoms with van der Waals surface area (Å²) in [4.78, 5) is 18.0. The summed E-state index contributed by atoms with van der Waals surface area (Å²) in [6.07, 6.45) is 1.63. The summed E-state index contributed by atoms with van der Waals surface area (Å²) >= 11 is 0. The van der Waals surface area contributed by atoms with Gasteiger partial charge in [0.1, 0.15) is 5.75 Å². The van der Waals surface area contributed by atoms with Crippen molar-refractivity contribution in [1.29, 1.82) is 0 Å². The van der Waals surface area contributed by atoms with E-state index in [-0.39, 0.29) is 16.7 Å². The lowest BCUT2D eigenvalue weighted by molar-refractivity contribution is 0.0956. The highest BCUT2D eigenvalue weighted by Gasteiger charge is 2.26. The van der Waals surface area contributed by atoms with E-state index in [9.17, 15) is 9.90 Å². The largest absolute Gasteiger partial charge is 0.507 e. The van der Waals surface area contributed by atoms with Crippen LogP contribution in [0.2, 0.25) is 0 Å². The zero-order valence-corrected chi connectivity index (χ0v) is 21.8. The van der Waals surface area contributed by atoms with Crippen molar-refractivity contribution in [2.45, 2.75) is 52.4 Å². The van der Waals surface area contributed by atoms with E-state index in [2.05, 4.69) is 52.1 Å². The van der Waals surface area contributed by atoms with E-state index in [0.717, 1.165) is 38.9 Å². The number of benzene rings is 3. The molecule has 0 saturated heterocycles. The summed E-state index contributed by atoms with van der Waals surface area (Å²) < 4.78 is 0. The Bertz CT molecular complexity index is 1410. The highest BCUT2D eigenvalue weighted by Crippen LogP contribution is 2.39. The first-order chi connectivity index (χ1) is 16.9. The van der Waals surface area contributed by atoms with Crippen molar-refractivity contribution in [2.24, 2.45) is 5.10 Å². The van der Waals surface area contributed by atoms with Crippen LogP contribution in [0.25, 0.3) is 22.2 Å². The molecule has 0 atom stereocenters. The molecule has 2 N–H and O–H groups in total. The fourth-order valence-corrected chi connectivity index (χ4v) is 4.22.